The van der Waals surface area contributed by atoms with Crippen molar-refractivity contribution in [3.63, 3.8) is 0 Å². The number of ether oxygens (including phenoxy) is 2. The Bertz CT molecular complexity index is 1010. The van der Waals surface area contributed by atoms with Crippen LogP contribution in [0.4, 0.5) is 16.2 Å². The number of aromatic nitrogens is 2. The molecular formula is C23H30N4O5. The summed E-state index contributed by atoms with van der Waals surface area (Å²) in [6, 6.07) is 5.51. The minimum Gasteiger partial charge on any atom is -0.446 e. The van der Waals surface area contributed by atoms with Crippen LogP contribution in [0.2, 0.25) is 0 Å². The molecule has 32 heavy (non-hydrogen) atoms. The van der Waals surface area contributed by atoms with Crippen molar-refractivity contribution in [3.05, 3.63) is 30.6 Å². The molecule has 1 fully saturated rings. The third kappa shape index (κ3) is 4.10. The van der Waals surface area contributed by atoms with Gasteiger partial charge in [-0.1, -0.05) is 6.07 Å². The van der Waals surface area contributed by atoms with E-state index in [1.54, 1.807) is 16.0 Å². The van der Waals surface area contributed by atoms with Gasteiger partial charge in [-0.3, -0.25) is 14.4 Å². The SMILES string of the molecule is CC(=O)N1c2ccc(-c3cnn(CC4(CO)COC4)c3)cc2N(C(=O)OC(C)C)C[C@@H]1C. The second kappa shape index (κ2) is 8.55. The third-order valence-corrected chi connectivity index (χ3v) is 5.93. The lowest BCUT2D eigenvalue weighted by Crippen LogP contribution is -2.51. The number of aliphatic hydroxyl groups excluding tert-OH is 1. The smallest absolute Gasteiger partial charge is 0.414 e. The van der Waals surface area contributed by atoms with Crippen LogP contribution in [0, 0.1) is 5.41 Å². The van der Waals surface area contributed by atoms with E-state index in [2.05, 4.69) is 5.10 Å². The number of fused-ring (bicyclic) bond motifs is 1. The standard InChI is InChI=1S/C23H30N4O5/c1-15(2)32-22(30)26-9-16(3)27(17(4)29)20-6-5-18(7-21(20)26)19-8-24-25(10-19)11-23(12-28)13-31-14-23/h5-8,10,15-16,28H,9,11-14H2,1-4H3/t16-/m0/s1. The first-order valence-electron chi connectivity index (χ1n) is 10.9. The zero-order chi connectivity index (χ0) is 23.0. The van der Waals surface area contributed by atoms with Gasteiger partial charge in [-0.15, -0.1) is 0 Å². The maximum Gasteiger partial charge on any atom is 0.414 e. The predicted octanol–water partition coefficient (Wildman–Crippen LogP) is 2.67. The third-order valence-electron chi connectivity index (χ3n) is 5.93. The van der Waals surface area contributed by atoms with Gasteiger partial charge in [0.2, 0.25) is 5.91 Å². The van der Waals surface area contributed by atoms with Gasteiger partial charge in [0.05, 0.1) is 61.5 Å². The Kier molecular flexibility index (Phi) is 5.96. The Labute approximate surface area is 187 Å². The number of hydrogen-bond acceptors (Lipinski definition) is 6. The van der Waals surface area contributed by atoms with E-state index in [0.717, 1.165) is 11.1 Å². The zero-order valence-electron chi connectivity index (χ0n) is 18.9. The number of anilines is 2. The molecule has 2 amide bonds. The number of aliphatic hydroxyl groups is 1. The number of carbonyl (C=O) groups is 2. The quantitative estimate of drug-likeness (QED) is 0.765. The summed E-state index contributed by atoms with van der Waals surface area (Å²) in [5, 5.41) is 14.1. The lowest BCUT2D eigenvalue weighted by atomic mass is 9.87. The molecule has 1 atom stereocenters. The first kappa shape index (κ1) is 22.3. The summed E-state index contributed by atoms with van der Waals surface area (Å²) in [5.74, 6) is -0.0757. The second-order valence-corrected chi connectivity index (χ2v) is 9.06. The van der Waals surface area contributed by atoms with E-state index in [9.17, 15) is 14.7 Å². The van der Waals surface area contributed by atoms with Crippen molar-refractivity contribution in [2.75, 3.05) is 36.2 Å². The normalized spacial score (nSPS) is 19.5. The molecule has 1 aromatic carbocycles. The fourth-order valence-corrected chi connectivity index (χ4v) is 4.29. The monoisotopic (exact) mass is 442 g/mol. The van der Waals surface area contributed by atoms with E-state index in [-0.39, 0.29) is 30.1 Å². The van der Waals surface area contributed by atoms with E-state index in [1.165, 1.54) is 6.92 Å². The predicted molar refractivity (Wildman–Crippen MR) is 120 cm³/mol. The molecule has 0 spiro atoms. The molecule has 0 aliphatic carbocycles. The largest absolute Gasteiger partial charge is 0.446 e. The van der Waals surface area contributed by atoms with Gasteiger partial charge >= 0.3 is 6.09 Å². The van der Waals surface area contributed by atoms with E-state index in [1.807, 2.05) is 49.8 Å². The van der Waals surface area contributed by atoms with Gasteiger partial charge in [-0.05, 0) is 38.5 Å². The van der Waals surface area contributed by atoms with Gasteiger partial charge < -0.3 is 19.5 Å². The Morgan fingerprint density at radius 1 is 1.28 bits per heavy atom. The molecule has 172 valence electrons. The van der Waals surface area contributed by atoms with Crippen LogP contribution in [0.3, 0.4) is 0 Å². The molecule has 1 saturated heterocycles. The zero-order valence-corrected chi connectivity index (χ0v) is 18.9. The molecule has 2 aliphatic rings. The van der Waals surface area contributed by atoms with E-state index in [4.69, 9.17) is 9.47 Å². The van der Waals surface area contributed by atoms with E-state index in [0.29, 0.717) is 37.7 Å². The summed E-state index contributed by atoms with van der Waals surface area (Å²) in [6.07, 6.45) is 3.00. The van der Waals surface area contributed by atoms with Gasteiger partial charge in [-0.2, -0.15) is 5.10 Å². The van der Waals surface area contributed by atoms with Crippen molar-refractivity contribution >= 4 is 23.4 Å². The molecule has 0 radical (unpaired) electrons. The molecule has 1 N–H and O–H groups in total. The van der Waals surface area contributed by atoms with Crippen LogP contribution >= 0.6 is 0 Å². The Balaban J connectivity index is 1.68. The maximum atomic E-state index is 12.8. The van der Waals surface area contributed by atoms with Crippen LogP contribution in [-0.4, -0.2) is 65.4 Å². The number of benzene rings is 1. The van der Waals surface area contributed by atoms with Crippen molar-refractivity contribution in [2.24, 2.45) is 5.41 Å². The van der Waals surface area contributed by atoms with Crippen LogP contribution in [-0.2, 0) is 20.8 Å². The minimum atomic E-state index is -0.431. The van der Waals surface area contributed by atoms with Crippen molar-refractivity contribution in [1.82, 2.24) is 9.78 Å². The van der Waals surface area contributed by atoms with Crippen molar-refractivity contribution in [3.8, 4) is 11.1 Å². The minimum absolute atomic E-state index is 0.0486. The van der Waals surface area contributed by atoms with E-state index < -0.39 is 6.09 Å². The highest BCUT2D eigenvalue weighted by molar-refractivity contribution is 6.03. The summed E-state index contributed by atoms with van der Waals surface area (Å²) < 4.78 is 12.5. The van der Waals surface area contributed by atoms with Crippen LogP contribution in [0.5, 0.6) is 0 Å². The number of carbonyl (C=O) groups excluding carboxylic acids is 2. The van der Waals surface area contributed by atoms with Gasteiger partial charge in [-0.25, -0.2) is 4.79 Å². The van der Waals surface area contributed by atoms with Crippen LogP contribution in [0.25, 0.3) is 11.1 Å². The Morgan fingerprint density at radius 2 is 2.03 bits per heavy atom. The Morgan fingerprint density at radius 3 is 2.62 bits per heavy atom. The molecule has 3 heterocycles. The molecule has 0 unspecified atom stereocenters. The first-order valence-corrected chi connectivity index (χ1v) is 10.9. The highest BCUT2D eigenvalue weighted by atomic mass is 16.6. The Hall–Kier alpha value is -2.91. The summed E-state index contributed by atoms with van der Waals surface area (Å²) in [5.41, 5.74) is 2.78. The van der Waals surface area contributed by atoms with Crippen molar-refractivity contribution in [2.45, 2.75) is 46.4 Å². The number of amides is 2. The number of rotatable bonds is 5. The van der Waals surface area contributed by atoms with Crippen LogP contribution < -0.4 is 9.80 Å². The van der Waals surface area contributed by atoms with Crippen LogP contribution in [0.1, 0.15) is 27.7 Å². The molecule has 0 saturated carbocycles. The average Bonchev–Trinajstić information content (AvgIpc) is 3.17. The van der Waals surface area contributed by atoms with Gasteiger partial charge in [0, 0.05) is 25.2 Å². The average molecular weight is 443 g/mol. The summed E-state index contributed by atoms with van der Waals surface area (Å²) in [4.78, 5) is 28.5. The highest BCUT2D eigenvalue weighted by Gasteiger charge is 2.39. The fraction of sp³-hybridized carbons (Fsp3) is 0.522. The molecular weight excluding hydrogens is 412 g/mol. The summed E-state index contributed by atoms with van der Waals surface area (Å²) in [6.45, 7) is 9.06. The number of nitrogens with zero attached hydrogens (tertiary/aromatic N) is 4. The molecule has 0 bridgehead atoms. The highest BCUT2D eigenvalue weighted by Crippen LogP contribution is 2.39. The molecule has 9 heteroatoms. The summed E-state index contributed by atoms with van der Waals surface area (Å²) in [7, 11) is 0. The summed E-state index contributed by atoms with van der Waals surface area (Å²) >= 11 is 0. The topological polar surface area (TPSA) is 97.1 Å². The molecule has 9 nitrogen and oxygen atoms in total. The number of hydrogen-bond donors (Lipinski definition) is 1. The van der Waals surface area contributed by atoms with Gasteiger partial charge in [0.1, 0.15) is 0 Å². The van der Waals surface area contributed by atoms with Crippen molar-refractivity contribution < 1.29 is 24.2 Å². The van der Waals surface area contributed by atoms with Gasteiger partial charge in [0.25, 0.3) is 0 Å². The molecule has 1 aromatic heterocycles. The lowest BCUT2D eigenvalue weighted by molar-refractivity contribution is -0.146. The van der Waals surface area contributed by atoms with Crippen molar-refractivity contribution in [1.29, 1.82) is 0 Å². The maximum absolute atomic E-state index is 12.8. The first-order chi connectivity index (χ1) is 15.2. The van der Waals surface area contributed by atoms with Crippen LogP contribution in [0.15, 0.2) is 30.6 Å². The fourth-order valence-electron chi connectivity index (χ4n) is 4.29. The lowest BCUT2D eigenvalue weighted by Gasteiger charge is -2.40. The molecule has 2 aromatic rings. The second-order valence-electron chi connectivity index (χ2n) is 9.06. The van der Waals surface area contributed by atoms with E-state index >= 15 is 0 Å². The van der Waals surface area contributed by atoms with Gasteiger partial charge in [0.15, 0.2) is 0 Å². The molecule has 2 aliphatic heterocycles. The molecule has 4 rings (SSSR count).